The molecule has 1 aliphatic heterocycles. The largest absolute Gasteiger partial charge is 0.478 e. The van der Waals surface area contributed by atoms with Crippen molar-refractivity contribution < 1.29 is 29.3 Å². The Bertz CT molecular complexity index is 1360. The molecule has 220 valence electrons. The molecule has 0 radical (unpaired) electrons. The van der Waals surface area contributed by atoms with E-state index in [2.05, 4.69) is 60.8 Å². The lowest BCUT2D eigenvalue weighted by molar-refractivity contribution is -0.156. The first-order valence-corrected chi connectivity index (χ1v) is 15.0. The molecule has 4 aliphatic rings. The molecule has 0 amide bonds. The SMILES string of the molecule is CC(C)n1cc2c3c(cccc31)C1=C[C@@H](C(=O)OC3CCC4CCCCC4C3)CN(C)[C@@H]1C2.O=C(O)/C=C\C(=O)O. The van der Waals surface area contributed by atoms with Crippen molar-refractivity contribution in [3.05, 3.63) is 53.8 Å². The van der Waals surface area contributed by atoms with Crippen molar-refractivity contribution in [2.75, 3.05) is 13.6 Å². The third kappa shape index (κ3) is 6.27. The molecule has 0 saturated heterocycles. The van der Waals surface area contributed by atoms with Gasteiger partial charge < -0.3 is 19.5 Å². The lowest BCUT2D eigenvalue weighted by Crippen LogP contribution is -2.45. The molecule has 1 aromatic heterocycles. The number of benzene rings is 1. The van der Waals surface area contributed by atoms with Gasteiger partial charge in [-0.05, 0) is 81.2 Å². The highest BCUT2D eigenvalue weighted by Crippen LogP contribution is 2.44. The van der Waals surface area contributed by atoms with Crippen molar-refractivity contribution >= 4 is 34.4 Å². The van der Waals surface area contributed by atoms with Gasteiger partial charge in [-0.3, -0.25) is 9.69 Å². The van der Waals surface area contributed by atoms with E-state index >= 15 is 0 Å². The van der Waals surface area contributed by atoms with Crippen molar-refractivity contribution in [2.45, 2.75) is 83.4 Å². The van der Waals surface area contributed by atoms with E-state index < -0.39 is 11.9 Å². The number of carbonyl (C=O) groups excluding carboxylic acids is 1. The maximum Gasteiger partial charge on any atom is 0.328 e. The van der Waals surface area contributed by atoms with Gasteiger partial charge in [0, 0.05) is 47.9 Å². The van der Waals surface area contributed by atoms with E-state index in [9.17, 15) is 14.4 Å². The standard InChI is InChI=1S/C29H38N2O2.C4H4O4/c1-18(2)31-17-21-15-27-25(24-9-6-10-26(31)28(21)24)14-22(16-30(27)3)29(32)33-23-12-11-19-7-4-5-8-20(19)13-23;5-3(6)1-2-4(7)8/h6,9-10,14,17-20,22-23,27H,4-5,7-8,11-13,15-16H2,1-3H3;1-2H,(H,5,6)(H,7,8)/b;2-1-/t19?,20?,22-,23?,27-;/m1./s1. The molecule has 1 aromatic carbocycles. The molecule has 8 heteroatoms. The van der Waals surface area contributed by atoms with Gasteiger partial charge in [0.15, 0.2) is 0 Å². The van der Waals surface area contributed by atoms with Crippen LogP contribution in [0.1, 0.15) is 76.0 Å². The smallest absolute Gasteiger partial charge is 0.328 e. The van der Waals surface area contributed by atoms with E-state index in [4.69, 9.17) is 14.9 Å². The van der Waals surface area contributed by atoms with Gasteiger partial charge in [0.2, 0.25) is 0 Å². The number of fused-ring (bicyclic) bond motifs is 3. The van der Waals surface area contributed by atoms with Gasteiger partial charge in [-0.1, -0.05) is 43.9 Å². The Morgan fingerprint density at radius 2 is 1.71 bits per heavy atom. The molecule has 0 spiro atoms. The molecule has 5 atom stereocenters. The molecule has 0 bridgehead atoms. The predicted molar refractivity (Wildman–Crippen MR) is 158 cm³/mol. The Balaban J connectivity index is 0.000000372. The lowest BCUT2D eigenvalue weighted by Gasteiger charge is -2.41. The van der Waals surface area contributed by atoms with Gasteiger partial charge in [-0.15, -0.1) is 0 Å². The number of hydrogen-bond acceptors (Lipinski definition) is 5. The van der Waals surface area contributed by atoms with Crippen LogP contribution in [0, 0.1) is 17.8 Å². The highest BCUT2D eigenvalue weighted by Gasteiger charge is 2.39. The van der Waals surface area contributed by atoms with E-state index in [1.165, 1.54) is 59.7 Å². The van der Waals surface area contributed by atoms with Crippen LogP contribution in [-0.4, -0.2) is 63.3 Å². The number of likely N-dealkylation sites (N-methyl/N-ethyl adjacent to an activating group) is 1. The first-order valence-electron chi connectivity index (χ1n) is 15.0. The van der Waals surface area contributed by atoms with Crippen LogP contribution in [0.5, 0.6) is 0 Å². The van der Waals surface area contributed by atoms with Gasteiger partial charge in [0.05, 0.1) is 5.92 Å². The Labute approximate surface area is 241 Å². The van der Waals surface area contributed by atoms with E-state index in [-0.39, 0.29) is 18.0 Å². The fourth-order valence-electron chi connectivity index (χ4n) is 7.49. The highest BCUT2D eigenvalue weighted by atomic mass is 16.5. The molecule has 3 aliphatic carbocycles. The molecule has 2 N–H and O–H groups in total. The number of esters is 1. The van der Waals surface area contributed by atoms with Crippen LogP contribution < -0.4 is 0 Å². The Kier molecular flexibility index (Phi) is 8.68. The van der Waals surface area contributed by atoms with Gasteiger partial charge in [0.25, 0.3) is 0 Å². The predicted octanol–water partition coefficient (Wildman–Crippen LogP) is 5.71. The van der Waals surface area contributed by atoms with Gasteiger partial charge in [-0.2, -0.15) is 0 Å². The summed E-state index contributed by atoms with van der Waals surface area (Å²) in [6, 6.07) is 7.44. The van der Waals surface area contributed by atoms with E-state index in [1.54, 1.807) is 0 Å². The summed E-state index contributed by atoms with van der Waals surface area (Å²) in [5.74, 6) is -1.03. The van der Waals surface area contributed by atoms with Crippen LogP contribution in [0.15, 0.2) is 42.6 Å². The second-order valence-electron chi connectivity index (χ2n) is 12.4. The molecule has 8 nitrogen and oxygen atoms in total. The molecule has 3 unspecified atom stereocenters. The van der Waals surface area contributed by atoms with Crippen molar-refractivity contribution in [3.63, 3.8) is 0 Å². The summed E-state index contributed by atoms with van der Waals surface area (Å²) in [4.78, 5) is 34.8. The summed E-state index contributed by atoms with van der Waals surface area (Å²) in [5.41, 5.74) is 5.38. The zero-order valence-electron chi connectivity index (χ0n) is 24.3. The first kappa shape index (κ1) is 29.1. The second kappa shape index (κ2) is 12.2. The third-order valence-electron chi connectivity index (χ3n) is 9.42. The molecular formula is C33H42N2O6. The summed E-state index contributed by atoms with van der Waals surface area (Å²) >= 11 is 0. The minimum absolute atomic E-state index is 0.00946. The van der Waals surface area contributed by atoms with Crippen molar-refractivity contribution in [2.24, 2.45) is 17.8 Å². The normalized spacial score (nSPS) is 27.4. The highest BCUT2D eigenvalue weighted by molar-refractivity contribution is 5.99. The van der Waals surface area contributed by atoms with Crippen LogP contribution in [-0.2, 0) is 25.5 Å². The molecule has 41 heavy (non-hydrogen) atoms. The van der Waals surface area contributed by atoms with Gasteiger partial charge >= 0.3 is 17.9 Å². The van der Waals surface area contributed by atoms with Crippen LogP contribution in [0.25, 0.3) is 16.5 Å². The second-order valence-corrected chi connectivity index (χ2v) is 12.4. The number of carbonyl (C=O) groups is 3. The number of nitrogens with zero attached hydrogens (tertiary/aromatic N) is 2. The zero-order chi connectivity index (χ0) is 29.3. The van der Waals surface area contributed by atoms with Gasteiger partial charge in [0.1, 0.15) is 6.10 Å². The van der Waals surface area contributed by atoms with E-state index in [1.807, 2.05) is 0 Å². The molecule has 2 heterocycles. The Morgan fingerprint density at radius 1 is 1.00 bits per heavy atom. The zero-order valence-corrected chi connectivity index (χ0v) is 24.3. The number of carboxylic acid groups (broad SMARTS) is 2. The number of carboxylic acids is 2. The van der Waals surface area contributed by atoms with Crippen molar-refractivity contribution in [1.82, 2.24) is 9.47 Å². The average molecular weight is 563 g/mol. The number of hydrogen-bond donors (Lipinski definition) is 2. The summed E-state index contributed by atoms with van der Waals surface area (Å²) in [6.45, 7) is 5.25. The Hall–Kier alpha value is -3.39. The average Bonchev–Trinajstić information content (AvgIpc) is 3.33. The first-order chi connectivity index (χ1) is 19.6. The summed E-state index contributed by atoms with van der Waals surface area (Å²) in [5, 5.41) is 17.0. The lowest BCUT2D eigenvalue weighted by atomic mass is 9.70. The van der Waals surface area contributed by atoms with Crippen LogP contribution >= 0.6 is 0 Å². The van der Waals surface area contributed by atoms with E-state index in [0.29, 0.717) is 24.2 Å². The Morgan fingerprint density at radius 3 is 2.39 bits per heavy atom. The minimum atomic E-state index is -1.26. The van der Waals surface area contributed by atoms with Crippen molar-refractivity contribution in [1.29, 1.82) is 0 Å². The number of aromatic nitrogens is 1. The summed E-state index contributed by atoms with van der Waals surface area (Å²) in [6.07, 6.45) is 15.7. The van der Waals surface area contributed by atoms with Crippen LogP contribution in [0.4, 0.5) is 0 Å². The summed E-state index contributed by atoms with van der Waals surface area (Å²) < 4.78 is 8.57. The number of rotatable bonds is 5. The quantitative estimate of drug-likeness (QED) is 0.355. The third-order valence-corrected chi connectivity index (χ3v) is 9.42. The molecular weight excluding hydrogens is 520 g/mol. The summed E-state index contributed by atoms with van der Waals surface area (Å²) in [7, 11) is 2.18. The maximum atomic E-state index is 13.3. The fourth-order valence-corrected chi connectivity index (χ4v) is 7.49. The number of ether oxygens (including phenoxy) is 1. The topological polar surface area (TPSA) is 109 Å². The minimum Gasteiger partial charge on any atom is -0.478 e. The molecule has 2 fully saturated rings. The molecule has 2 aromatic rings. The monoisotopic (exact) mass is 562 g/mol. The fraction of sp³-hybridized carbons (Fsp3) is 0.545. The number of aliphatic carboxylic acids is 2. The maximum absolute atomic E-state index is 13.3. The van der Waals surface area contributed by atoms with Gasteiger partial charge in [-0.25, -0.2) is 9.59 Å². The van der Waals surface area contributed by atoms with E-state index in [0.717, 1.165) is 37.6 Å². The molecule has 6 rings (SSSR count). The van der Waals surface area contributed by atoms with Crippen LogP contribution in [0.3, 0.4) is 0 Å². The molecule has 2 saturated carbocycles. The van der Waals surface area contributed by atoms with Crippen LogP contribution in [0.2, 0.25) is 0 Å². The van der Waals surface area contributed by atoms with Crippen molar-refractivity contribution in [3.8, 4) is 0 Å².